The molecule has 1 aliphatic rings. The molecule has 1 atom stereocenters. The predicted octanol–water partition coefficient (Wildman–Crippen LogP) is 1.93. The molecular weight excluding hydrogens is 282 g/mol. The second-order valence-electron chi connectivity index (χ2n) is 5.83. The van der Waals surface area contributed by atoms with E-state index in [9.17, 15) is 14.7 Å². The van der Waals surface area contributed by atoms with Crippen LogP contribution < -0.4 is 5.32 Å². The molecule has 120 valence electrons. The Morgan fingerprint density at radius 3 is 2.50 bits per heavy atom. The van der Waals surface area contributed by atoms with E-state index in [0.29, 0.717) is 13.0 Å². The summed E-state index contributed by atoms with van der Waals surface area (Å²) in [7, 11) is 0. The number of hydrogen-bond donors (Lipinski definition) is 2. The first kappa shape index (κ1) is 16.5. The van der Waals surface area contributed by atoms with Crippen molar-refractivity contribution < 1.29 is 19.4 Å². The summed E-state index contributed by atoms with van der Waals surface area (Å²) in [6, 6.07) is 7.93. The Labute approximate surface area is 130 Å². The average Bonchev–Trinajstić information content (AvgIpc) is 2.96. The third-order valence-corrected chi connectivity index (χ3v) is 4.02. The number of amides is 1. The summed E-state index contributed by atoms with van der Waals surface area (Å²) in [5.41, 5.74) is 0.882. The van der Waals surface area contributed by atoms with Gasteiger partial charge in [0.1, 0.15) is 0 Å². The van der Waals surface area contributed by atoms with Crippen LogP contribution in [0.25, 0.3) is 0 Å². The second kappa shape index (κ2) is 7.40. The molecule has 2 N–H and O–H groups in total. The summed E-state index contributed by atoms with van der Waals surface area (Å²) in [6.45, 7) is 2.55. The number of benzene rings is 1. The van der Waals surface area contributed by atoms with Crippen molar-refractivity contribution in [2.75, 3.05) is 13.2 Å². The van der Waals surface area contributed by atoms with Crippen molar-refractivity contribution in [1.29, 1.82) is 0 Å². The van der Waals surface area contributed by atoms with Gasteiger partial charge in [0.15, 0.2) is 5.54 Å². The Bertz CT molecular complexity index is 518. The largest absolute Gasteiger partial charge is 0.479 e. The van der Waals surface area contributed by atoms with Crippen LogP contribution in [0.3, 0.4) is 0 Å². The molecule has 0 spiro atoms. The first-order chi connectivity index (χ1) is 10.6. The Balaban J connectivity index is 1.92. The molecule has 1 aromatic rings. The first-order valence-corrected chi connectivity index (χ1v) is 7.76. The summed E-state index contributed by atoms with van der Waals surface area (Å²) >= 11 is 0. The minimum Gasteiger partial charge on any atom is -0.479 e. The second-order valence-corrected chi connectivity index (χ2v) is 5.83. The van der Waals surface area contributed by atoms with Gasteiger partial charge in [0.05, 0.1) is 13.0 Å². The van der Waals surface area contributed by atoms with E-state index in [0.717, 1.165) is 24.8 Å². The highest BCUT2D eigenvalue weighted by atomic mass is 16.5. The number of aliphatic carboxylic acids is 1. The molecule has 0 radical (unpaired) electrons. The topological polar surface area (TPSA) is 75.6 Å². The quantitative estimate of drug-likeness (QED) is 0.807. The minimum absolute atomic E-state index is 0.0318. The maximum Gasteiger partial charge on any atom is 0.331 e. The van der Waals surface area contributed by atoms with Crippen LogP contribution in [0.1, 0.15) is 37.3 Å². The number of hydrogen-bond acceptors (Lipinski definition) is 3. The molecular formula is C17H23NO4. The third kappa shape index (κ3) is 4.07. The lowest BCUT2D eigenvalue weighted by Crippen LogP contribution is -2.55. The highest BCUT2D eigenvalue weighted by molar-refractivity contribution is 5.88. The molecule has 0 aliphatic carbocycles. The van der Waals surface area contributed by atoms with Gasteiger partial charge in [0.2, 0.25) is 5.91 Å². The molecule has 5 heteroatoms. The maximum atomic E-state index is 12.1. The van der Waals surface area contributed by atoms with Crippen molar-refractivity contribution in [3.05, 3.63) is 35.4 Å². The van der Waals surface area contributed by atoms with Crippen LogP contribution in [0.15, 0.2) is 24.3 Å². The van der Waals surface area contributed by atoms with Gasteiger partial charge >= 0.3 is 5.97 Å². The zero-order chi connectivity index (χ0) is 16.0. The van der Waals surface area contributed by atoms with Crippen LogP contribution in [-0.4, -0.2) is 35.7 Å². The fourth-order valence-corrected chi connectivity index (χ4v) is 2.59. The lowest BCUT2D eigenvalue weighted by atomic mass is 9.98. The average molecular weight is 305 g/mol. The molecule has 0 aromatic heterocycles. The number of nitrogens with one attached hydrogen (secondary N) is 1. The van der Waals surface area contributed by atoms with Gasteiger partial charge in [-0.3, -0.25) is 4.79 Å². The van der Waals surface area contributed by atoms with E-state index in [1.165, 1.54) is 5.56 Å². The first-order valence-electron chi connectivity index (χ1n) is 7.76. The van der Waals surface area contributed by atoms with Crippen molar-refractivity contribution >= 4 is 11.9 Å². The van der Waals surface area contributed by atoms with Crippen molar-refractivity contribution in [2.24, 2.45) is 0 Å². The summed E-state index contributed by atoms with van der Waals surface area (Å²) in [5, 5.41) is 11.9. The van der Waals surface area contributed by atoms with E-state index in [1.807, 2.05) is 24.3 Å². The Morgan fingerprint density at radius 2 is 1.95 bits per heavy atom. The maximum absolute atomic E-state index is 12.1. The van der Waals surface area contributed by atoms with Gasteiger partial charge in [0, 0.05) is 13.0 Å². The predicted molar refractivity (Wildman–Crippen MR) is 82.7 cm³/mol. The van der Waals surface area contributed by atoms with Gasteiger partial charge in [0.25, 0.3) is 0 Å². The van der Waals surface area contributed by atoms with E-state index in [-0.39, 0.29) is 18.9 Å². The Morgan fingerprint density at radius 1 is 1.27 bits per heavy atom. The normalized spacial score (nSPS) is 20.8. The molecule has 22 heavy (non-hydrogen) atoms. The number of aryl methyl sites for hydroxylation is 1. The van der Waals surface area contributed by atoms with Gasteiger partial charge in [-0.2, -0.15) is 0 Å². The number of unbranched alkanes of at least 4 members (excludes halogenated alkanes) is 1. The summed E-state index contributed by atoms with van der Waals surface area (Å²) < 4.78 is 5.13. The lowest BCUT2D eigenvalue weighted by molar-refractivity contribution is -0.147. The molecule has 2 rings (SSSR count). The number of carboxylic acids is 1. The third-order valence-electron chi connectivity index (χ3n) is 4.02. The van der Waals surface area contributed by atoms with E-state index in [1.54, 1.807) is 0 Å². The summed E-state index contributed by atoms with van der Waals surface area (Å²) in [6.07, 6.45) is 3.85. The lowest BCUT2D eigenvalue weighted by Gasteiger charge is -2.23. The Kier molecular flexibility index (Phi) is 5.55. The SMILES string of the molecule is CCCCc1ccc(CC(=O)NC2(C(=O)O)CCOC2)cc1. The summed E-state index contributed by atoms with van der Waals surface area (Å²) in [5.74, 6) is -1.32. The minimum atomic E-state index is -1.27. The van der Waals surface area contributed by atoms with Crippen LogP contribution in [0.4, 0.5) is 0 Å². The molecule has 1 amide bonds. The van der Waals surface area contributed by atoms with Gasteiger partial charge < -0.3 is 15.2 Å². The highest BCUT2D eigenvalue weighted by Crippen LogP contribution is 2.19. The number of carbonyl (C=O) groups excluding carboxylic acids is 1. The molecule has 1 unspecified atom stereocenters. The van der Waals surface area contributed by atoms with Gasteiger partial charge in [-0.1, -0.05) is 37.6 Å². The van der Waals surface area contributed by atoms with Crippen molar-refractivity contribution in [1.82, 2.24) is 5.32 Å². The molecule has 1 aromatic carbocycles. The number of ether oxygens (including phenoxy) is 1. The molecule has 5 nitrogen and oxygen atoms in total. The van der Waals surface area contributed by atoms with Crippen LogP contribution in [0.2, 0.25) is 0 Å². The number of rotatable bonds is 7. The molecule has 0 saturated carbocycles. The fourth-order valence-electron chi connectivity index (χ4n) is 2.59. The fraction of sp³-hybridized carbons (Fsp3) is 0.529. The van der Waals surface area contributed by atoms with Crippen molar-refractivity contribution in [3.8, 4) is 0 Å². The van der Waals surface area contributed by atoms with Gasteiger partial charge in [-0.05, 0) is 24.0 Å². The number of carbonyl (C=O) groups is 2. The standard InChI is InChI=1S/C17H23NO4/c1-2-3-4-13-5-7-14(8-6-13)11-15(19)18-17(16(20)21)9-10-22-12-17/h5-8H,2-4,9-12H2,1H3,(H,18,19)(H,20,21). The van der Waals surface area contributed by atoms with Crippen molar-refractivity contribution in [3.63, 3.8) is 0 Å². The molecule has 1 aliphatic heterocycles. The summed E-state index contributed by atoms with van der Waals surface area (Å²) in [4.78, 5) is 23.5. The van der Waals surface area contributed by atoms with Gasteiger partial charge in [-0.25, -0.2) is 4.79 Å². The van der Waals surface area contributed by atoms with Crippen LogP contribution >= 0.6 is 0 Å². The van der Waals surface area contributed by atoms with E-state index in [4.69, 9.17) is 4.74 Å². The van der Waals surface area contributed by atoms with E-state index < -0.39 is 11.5 Å². The highest BCUT2D eigenvalue weighted by Gasteiger charge is 2.43. The van der Waals surface area contributed by atoms with Crippen LogP contribution in [0, 0.1) is 0 Å². The van der Waals surface area contributed by atoms with E-state index in [2.05, 4.69) is 12.2 Å². The van der Waals surface area contributed by atoms with Gasteiger partial charge in [-0.15, -0.1) is 0 Å². The molecule has 1 fully saturated rings. The molecule has 0 bridgehead atoms. The number of carboxylic acid groups (broad SMARTS) is 1. The zero-order valence-corrected chi connectivity index (χ0v) is 12.9. The molecule has 1 heterocycles. The molecule has 1 saturated heterocycles. The monoisotopic (exact) mass is 305 g/mol. The van der Waals surface area contributed by atoms with Crippen LogP contribution in [0.5, 0.6) is 0 Å². The van der Waals surface area contributed by atoms with Crippen molar-refractivity contribution in [2.45, 2.75) is 44.6 Å². The zero-order valence-electron chi connectivity index (χ0n) is 12.9. The van der Waals surface area contributed by atoms with Crippen LogP contribution in [-0.2, 0) is 27.2 Å². The smallest absolute Gasteiger partial charge is 0.331 e. The Hall–Kier alpha value is -1.88. The van der Waals surface area contributed by atoms with E-state index >= 15 is 0 Å².